The summed E-state index contributed by atoms with van der Waals surface area (Å²) < 4.78 is 0. The minimum Gasteiger partial charge on any atom is -0.481 e. The minimum atomic E-state index is -1.06. The SMILES string of the molecule is CC1C=C2C=CC(C)C(CCC(O)CC(O)CC(=O)O)C2C(O)C1. The topological polar surface area (TPSA) is 98.0 Å². The Kier molecular flexibility index (Phi) is 6.61. The Morgan fingerprint density at radius 2 is 2.00 bits per heavy atom. The van der Waals surface area contributed by atoms with E-state index in [1.807, 2.05) is 0 Å². The van der Waals surface area contributed by atoms with E-state index in [1.165, 1.54) is 5.57 Å². The van der Waals surface area contributed by atoms with Crippen molar-refractivity contribution >= 4 is 5.97 Å². The third-order valence-electron chi connectivity index (χ3n) is 5.41. The highest BCUT2D eigenvalue weighted by molar-refractivity contribution is 5.67. The number of carboxylic acids is 1. The third-order valence-corrected chi connectivity index (χ3v) is 5.41. The van der Waals surface area contributed by atoms with E-state index in [4.69, 9.17) is 5.11 Å². The molecule has 136 valence electrons. The first-order valence-corrected chi connectivity index (χ1v) is 8.93. The molecular formula is C19H30O5. The van der Waals surface area contributed by atoms with Gasteiger partial charge in [-0.25, -0.2) is 0 Å². The largest absolute Gasteiger partial charge is 0.481 e. The Morgan fingerprint density at radius 3 is 2.67 bits per heavy atom. The van der Waals surface area contributed by atoms with Crippen molar-refractivity contribution in [1.82, 2.24) is 0 Å². The van der Waals surface area contributed by atoms with Gasteiger partial charge in [0.1, 0.15) is 0 Å². The highest BCUT2D eigenvalue weighted by Crippen LogP contribution is 2.43. The van der Waals surface area contributed by atoms with Gasteiger partial charge in [0.15, 0.2) is 0 Å². The zero-order valence-corrected chi connectivity index (χ0v) is 14.5. The summed E-state index contributed by atoms with van der Waals surface area (Å²) in [5.74, 6) is 0.00962. The lowest BCUT2D eigenvalue weighted by molar-refractivity contribution is -0.139. The molecule has 0 saturated carbocycles. The predicted molar refractivity (Wildman–Crippen MR) is 91.3 cm³/mol. The van der Waals surface area contributed by atoms with E-state index in [9.17, 15) is 20.1 Å². The molecule has 0 bridgehead atoms. The number of aliphatic carboxylic acids is 1. The number of hydrogen-bond donors (Lipinski definition) is 4. The number of carbonyl (C=O) groups is 1. The second kappa shape index (κ2) is 8.28. The van der Waals surface area contributed by atoms with E-state index >= 15 is 0 Å². The van der Waals surface area contributed by atoms with Crippen molar-refractivity contribution in [2.45, 2.75) is 64.3 Å². The number of aliphatic hydroxyl groups excluding tert-OH is 3. The van der Waals surface area contributed by atoms with Crippen LogP contribution >= 0.6 is 0 Å². The first kappa shape index (κ1) is 19.2. The number of aliphatic hydroxyl groups is 3. The van der Waals surface area contributed by atoms with Crippen molar-refractivity contribution in [3.8, 4) is 0 Å². The summed E-state index contributed by atoms with van der Waals surface area (Å²) in [6.45, 7) is 4.25. The first-order chi connectivity index (χ1) is 11.3. The van der Waals surface area contributed by atoms with Crippen molar-refractivity contribution < 1.29 is 25.2 Å². The molecule has 0 spiro atoms. The van der Waals surface area contributed by atoms with Crippen molar-refractivity contribution in [1.29, 1.82) is 0 Å². The maximum Gasteiger partial charge on any atom is 0.305 e. The van der Waals surface area contributed by atoms with Crippen LogP contribution in [0.15, 0.2) is 23.8 Å². The Morgan fingerprint density at radius 1 is 1.29 bits per heavy atom. The molecule has 4 N–H and O–H groups in total. The molecule has 24 heavy (non-hydrogen) atoms. The van der Waals surface area contributed by atoms with Crippen LogP contribution in [0.2, 0.25) is 0 Å². The van der Waals surface area contributed by atoms with Gasteiger partial charge in [-0.3, -0.25) is 4.79 Å². The fraction of sp³-hybridized carbons (Fsp3) is 0.737. The predicted octanol–water partition coefficient (Wildman–Crippen LogP) is 2.12. The standard InChI is InChI=1S/C19H30O5/c1-11-7-13-4-3-12(2)16(19(13)17(22)8-11)6-5-14(20)9-15(21)10-18(23)24/h3-4,7,11-12,14-17,19-22H,5-6,8-10H2,1-2H3,(H,23,24). The van der Waals surface area contributed by atoms with Gasteiger partial charge in [-0.05, 0) is 49.0 Å². The van der Waals surface area contributed by atoms with Gasteiger partial charge in [0.25, 0.3) is 0 Å². The molecule has 0 amide bonds. The van der Waals surface area contributed by atoms with Crippen molar-refractivity contribution in [2.24, 2.45) is 23.7 Å². The molecule has 2 rings (SSSR count). The zero-order valence-electron chi connectivity index (χ0n) is 14.5. The molecule has 0 aromatic carbocycles. The Labute approximate surface area is 143 Å². The van der Waals surface area contributed by atoms with Gasteiger partial charge < -0.3 is 20.4 Å². The fourth-order valence-electron chi connectivity index (χ4n) is 4.23. The van der Waals surface area contributed by atoms with Crippen LogP contribution in [0.5, 0.6) is 0 Å². The summed E-state index contributed by atoms with van der Waals surface area (Å²) in [4.78, 5) is 10.6. The van der Waals surface area contributed by atoms with Gasteiger partial charge in [0.05, 0.1) is 24.7 Å². The van der Waals surface area contributed by atoms with Crippen LogP contribution in [0.1, 0.15) is 46.0 Å². The highest BCUT2D eigenvalue weighted by Gasteiger charge is 2.38. The van der Waals surface area contributed by atoms with Crippen molar-refractivity contribution in [3.05, 3.63) is 23.8 Å². The average molecular weight is 338 g/mol. The van der Waals surface area contributed by atoms with E-state index < -0.39 is 18.2 Å². The molecule has 7 unspecified atom stereocenters. The van der Waals surface area contributed by atoms with Gasteiger partial charge in [0.2, 0.25) is 0 Å². The minimum absolute atomic E-state index is 0.0796. The molecule has 2 aliphatic carbocycles. The maximum absolute atomic E-state index is 10.6. The molecule has 2 aliphatic rings. The number of hydrogen-bond acceptors (Lipinski definition) is 4. The van der Waals surface area contributed by atoms with Crippen LogP contribution in [0.25, 0.3) is 0 Å². The Balaban J connectivity index is 1.94. The van der Waals surface area contributed by atoms with E-state index in [2.05, 4.69) is 32.1 Å². The molecule has 5 nitrogen and oxygen atoms in total. The van der Waals surface area contributed by atoms with Crippen LogP contribution in [0.4, 0.5) is 0 Å². The van der Waals surface area contributed by atoms with Gasteiger partial charge in [-0.15, -0.1) is 0 Å². The van der Waals surface area contributed by atoms with Gasteiger partial charge in [-0.2, -0.15) is 0 Å². The number of allylic oxidation sites excluding steroid dienone is 3. The Bertz CT molecular complexity index is 498. The summed E-state index contributed by atoms with van der Waals surface area (Å²) in [6.07, 6.45) is 6.20. The van der Waals surface area contributed by atoms with E-state index in [0.29, 0.717) is 18.3 Å². The smallest absolute Gasteiger partial charge is 0.305 e. The lowest BCUT2D eigenvalue weighted by Crippen LogP contribution is -2.38. The first-order valence-electron chi connectivity index (χ1n) is 8.93. The lowest BCUT2D eigenvalue weighted by atomic mass is 9.65. The molecule has 0 aromatic heterocycles. The molecule has 0 fully saturated rings. The summed E-state index contributed by atoms with van der Waals surface area (Å²) in [5, 5.41) is 38.9. The molecule has 0 aromatic rings. The van der Waals surface area contributed by atoms with Gasteiger partial charge in [0, 0.05) is 5.92 Å². The van der Waals surface area contributed by atoms with E-state index in [0.717, 1.165) is 12.8 Å². The Hall–Kier alpha value is -1.17. The quantitative estimate of drug-likeness (QED) is 0.570. The van der Waals surface area contributed by atoms with Crippen molar-refractivity contribution in [2.75, 3.05) is 0 Å². The molecule has 0 radical (unpaired) electrons. The molecule has 0 saturated heterocycles. The van der Waals surface area contributed by atoms with E-state index in [-0.39, 0.29) is 30.8 Å². The fourth-order valence-corrected chi connectivity index (χ4v) is 4.23. The number of rotatable bonds is 7. The highest BCUT2D eigenvalue weighted by atomic mass is 16.4. The summed E-state index contributed by atoms with van der Waals surface area (Å²) in [5.41, 5.74) is 1.20. The molecule has 0 heterocycles. The second-order valence-corrected chi connectivity index (χ2v) is 7.57. The van der Waals surface area contributed by atoms with Crippen molar-refractivity contribution in [3.63, 3.8) is 0 Å². The number of carboxylic acid groups (broad SMARTS) is 1. The summed E-state index contributed by atoms with van der Waals surface area (Å²) in [6, 6.07) is 0. The van der Waals surface area contributed by atoms with Crippen LogP contribution in [0.3, 0.4) is 0 Å². The van der Waals surface area contributed by atoms with Crippen LogP contribution < -0.4 is 0 Å². The third kappa shape index (κ3) is 4.91. The second-order valence-electron chi connectivity index (χ2n) is 7.57. The average Bonchev–Trinajstić information content (AvgIpc) is 2.45. The zero-order chi connectivity index (χ0) is 17.9. The molecule has 0 aliphatic heterocycles. The van der Waals surface area contributed by atoms with Crippen LogP contribution in [-0.4, -0.2) is 44.7 Å². The van der Waals surface area contributed by atoms with Crippen LogP contribution in [-0.2, 0) is 4.79 Å². The summed E-state index contributed by atoms with van der Waals surface area (Å²) >= 11 is 0. The molecule has 5 heteroatoms. The number of fused-ring (bicyclic) bond motifs is 1. The lowest BCUT2D eigenvalue weighted by Gasteiger charge is -2.41. The normalized spacial score (nSPS) is 35.0. The monoisotopic (exact) mass is 338 g/mol. The molecular weight excluding hydrogens is 308 g/mol. The summed E-state index contributed by atoms with van der Waals surface area (Å²) in [7, 11) is 0. The van der Waals surface area contributed by atoms with E-state index in [1.54, 1.807) is 0 Å². The maximum atomic E-state index is 10.6. The van der Waals surface area contributed by atoms with Gasteiger partial charge >= 0.3 is 5.97 Å². The van der Waals surface area contributed by atoms with Crippen LogP contribution in [0, 0.1) is 23.7 Å². The molecule has 7 atom stereocenters. The van der Waals surface area contributed by atoms with Gasteiger partial charge in [-0.1, -0.05) is 32.1 Å².